The van der Waals surface area contributed by atoms with E-state index in [-0.39, 0.29) is 22.0 Å². The van der Waals surface area contributed by atoms with E-state index in [2.05, 4.69) is 21.3 Å². The van der Waals surface area contributed by atoms with E-state index in [1.807, 2.05) is 36.4 Å². The minimum Gasteiger partial charge on any atom is -0.332 e. The van der Waals surface area contributed by atoms with Gasteiger partial charge in [-0.15, -0.1) is 0 Å². The number of anilines is 2. The van der Waals surface area contributed by atoms with E-state index >= 15 is 0 Å². The molecule has 0 spiro atoms. The second-order valence-electron chi connectivity index (χ2n) is 6.18. The number of fused-ring (bicyclic) bond motifs is 1. The maximum absolute atomic E-state index is 12.5. The zero-order valence-electron chi connectivity index (χ0n) is 15.5. The summed E-state index contributed by atoms with van der Waals surface area (Å²) in [4.78, 5) is 23.4. The summed E-state index contributed by atoms with van der Waals surface area (Å²) in [6.45, 7) is 1.38. The number of hydrogen-bond donors (Lipinski definition) is 4. The third kappa shape index (κ3) is 5.81. The van der Waals surface area contributed by atoms with Crippen molar-refractivity contribution in [1.29, 1.82) is 0 Å². The molecule has 0 heterocycles. The molecule has 3 aromatic carbocycles. The Bertz CT molecular complexity index is 1100. The minimum absolute atomic E-state index is 0.192. The van der Waals surface area contributed by atoms with E-state index in [0.717, 1.165) is 10.8 Å². The van der Waals surface area contributed by atoms with E-state index < -0.39 is 0 Å². The lowest BCUT2D eigenvalue weighted by atomic mass is 10.1. The summed E-state index contributed by atoms with van der Waals surface area (Å²) in [5.74, 6) is -0.527. The first-order valence-electron chi connectivity index (χ1n) is 8.70. The van der Waals surface area contributed by atoms with E-state index in [4.69, 9.17) is 24.4 Å². The topological polar surface area (TPSA) is 82.3 Å². The number of hydrogen-bond acceptors (Lipinski definition) is 4. The Balaban J connectivity index is 1.57. The Kier molecular flexibility index (Phi) is 6.48. The van der Waals surface area contributed by atoms with E-state index in [0.29, 0.717) is 16.9 Å². The summed E-state index contributed by atoms with van der Waals surface area (Å²) in [5, 5.41) is 13.5. The number of carbonyl (C=O) groups excluding carboxylic acids is 2. The van der Waals surface area contributed by atoms with Crippen molar-refractivity contribution < 1.29 is 9.59 Å². The SMILES string of the molecule is CC(=O)NC(=S)Nc1ccc(NC(=S)NC(=O)c2ccc3ccccc3c2)cc1. The van der Waals surface area contributed by atoms with Crippen LogP contribution in [0.2, 0.25) is 0 Å². The molecular weight excluding hydrogens is 404 g/mol. The number of benzene rings is 3. The molecule has 3 rings (SSSR count). The van der Waals surface area contributed by atoms with Crippen LogP contribution in [-0.4, -0.2) is 22.0 Å². The monoisotopic (exact) mass is 422 g/mol. The molecule has 0 aliphatic rings. The van der Waals surface area contributed by atoms with Crippen LogP contribution in [0.3, 0.4) is 0 Å². The fourth-order valence-corrected chi connectivity index (χ4v) is 3.10. The Morgan fingerprint density at radius 2 is 1.28 bits per heavy atom. The van der Waals surface area contributed by atoms with Crippen molar-refractivity contribution in [3.63, 3.8) is 0 Å². The summed E-state index contributed by atoms with van der Waals surface area (Å²) in [6.07, 6.45) is 0. The number of amides is 2. The number of rotatable bonds is 3. The smallest absolute Gasteiger partial charge is 0.257 e. The van der Waals surface area contributed by atoms with Gasteiger partial charge >= 0.3 is 0 Å². The number of carbonyl (C=O) groups is 2. The molecule has 0 bridgehead atoms. The maximum Gasteiger partial charge on any atom is 0.257 e. The highest BCUT2D eigenvalue weighted by molar-refractivity contribution is 7.80. The molecule has 6 nitrogen and oxygen atoms in total. The lowest BCUT2D eigenvalue weighted by Crippen LogP contribution is -2.34. The molecule has 29 heavy (non-hydrogen) atoms. The summed E-state index contributed by atoms with van der Waals surface area (Å²) in [5.41, 5.74) is 1.93. The van der Waals surface area contributed by atoms with Crippen LogP contribution in [0, 0.1) is 0 Å². The van der Waals surface area contributed by atoms with E-state index in [1.54, 1.807) is 30.3 Å². The van der Waals surface area contributed by atoms with Gasteiger partial charge in [0.05, 0.1) is 0 Å². The van der Waals surface area contributed by atoms with Gasteiger partial charge in [-0.05, 0) is 71.6 Å². The molecule has 0 atom stereocenters. The third-order valence-electron chi connectivity index (χ3n) is 3.93. The molecule has 0 saturated carbocycles. The van der Waals surface area contributed by atoms with Gasteiger partial charge in [-0.2, -0.15) is 0 Å². The normalized spacial score (nSPS) is 10.1. The number of thiocarbonyl (C=S) groups is 2. The summed E-state index contributed by atoms with van der Waals surface area (Å²) >= 11 is 10.2. The summed E-state index contributed by atoms with van der Waals surface area (Å²) in [7, 11) is 0. The first-order chi connectivity index (χ1) is 13.9. The van der Waals surface area contributed by atoms with Crippen LogP contribution in [0.5, 0.6) is 0 Å². The Morgan fingerprint density at radius 3 is 1.86 bits per heavy atom. The Hall–Kier alpha value is -3.36. The molecule has 146 valence electrons. The molecule has 0 aliphatic heterocycles. The zero-order chi connectivity index (χ0) is 20.8. The Labute approximate surface area is 178 Å². The molecule has 0 saturated heterocycles. The van der Waals surface area contributed by atoms with Crippen molar-refractivity contribution in [1.82, 2.24) is 10.6 Å². The molecule has 0 fully saturated rings. The quantitative estimate of drug-likeness (QED) is 0.481. The zero-order valence-corrected chi connectivity index (χ0v) is 17.1. The van der Waals surface area contributed by atoms with Gasteiger partial charge in [-0.25, -0.2) is 0 Å². The lowest BCUT2D eigenvalue weighted by Gasteiger charge is -2.12. The first-order valence-corrected chi connectivity index (χ1v) is 9.52. The average molecular weight is 423 g/mol. The summed E-state index contributed by atoms with van der Waals surface area (Å²) < 4.78 is 0. The first kappa shape index (κ1) is 20.4. The fraction of sp³-hybridized carbons (Fsp3) is 0.0476. The van der Waals surface area contributed by atoms with Crippen LogP contribution < -0.4 is 21.3 Å². The van der Waals surface area contributed by atoms with Crippen LogP contribution in [0.4, 0.5) is 11.4 Å². The maximum atomic E-state index is 12.5. The van der Waals surface area contributed by atoms with Crippen molar-refractivity contribution in [2.45, 2.75) is 6.92 Å². The van der Waals surface area contributed by atoms with Crippen molar-refractivity contribution in [3.8, 4) is 0 Å². The predicted octanol–water partition coefficient (Wildman–Crippen LogP) is 3.80. The molecule has 3 aromatic rings. The molecular formula is C21H18N4O2S2. The average Bonchev–Trinajstić information content (AvgIpc) is 2.68. The molecule has 0 unspecified atom stereocenters. The third-order valence-corrected chi connectivity index (χ3v) is 4.34. The highest BCUT2D eigenvalue weighted by Crippen LogP contribution is 2.16. The van der Waals surface area contributed by atoms with Crippen LogP contribution in [0.25, 0.3) is 10.8 Å². The van der Waals surface area contributed by atoms with Crippen molar-refractivity contribution in [2.75, 3.05) is 10.6 Å². The van der Waals surface area contributed by atoms with Crippen molar-refractivity contribution in [2.24, 2.45) is 0 Å². The van der Waals surface area contributed by atoms with Gasteiger partial charge in [0.1, 0.15) is 0 Å². The molecule has 0 radical (unpaired) electrons. The van der Waals surface area contributed by atoms with Gasteiger partial charge in [0.15, 0.2) is 10.2 Å². The molecule has 4 N–H and O–H groups in total. The van der Waals surface area contributed by atoms with Gasteiger partial charge in [0.25, 0.3) is 5.91 Å². The van der Waals surface area contributed by atoms with Gasteiger partial charge in [-0.1, -0.05) is 30.3 Å². The molecule has 2 amide bonds. The van der Waals surface area contributed by atoms with Crippen molar-refractivity contribution >= 4 is 68.6 Å². The van der Waals surface area contributed by atoms with E-state index in [1.165, 1.54) is 6.92 Å². The van der Waals surface area contributed by atoms with Crippen molar-refractivity contribution in [3.05, 3.63) is 72.3 Å². The highest BCUT2D eigenvalue weighted by atomic mass is 32.1. The Morgan fingerprint density at radius 1 is 0.724 bits per heavy atom. The fourth-order valence-electron chi connectivity index (χ4n) is 2.63. The van der Waals surface area contributed by atoms with Gasteiger partial charge < -0.3 is 16.0 Å². The van der Waals surface area contributed by atoms with Gasteiger partial charge in [0.2, 0.25) is 5.91 Å². The largest absolute Gasteiger partial charge is 0.332 e. The van der Waals surface area contributed by atoms with E-state index in [9.17, 15) is 9.59 Å². The molecule has 0 aromatic heterocycles. The number of nitrogens with one attached hydrogen (secondary N) is 4. The highest BCUT2D eigenvalue weighted by Gasteiger charge is 2.09. The van der Waals surface area contributed by atoms with Crippen LogP contribution >= 0.6 is 24.4 Å². The van der Waals surface area contributed by atoms with Gasteiger partial charge in [-0.3, -0.25) is 14.9 Å². The lowest BCUT2D eigenvalue weighted by molar-refractivity contribution is -0.117. The van der Waals surface area contributed by atoms with Crippen LogP contribution in [0.1, 0.15) is 17.3 Å². The van der Waals surface area contributed by atoms with Gasteiger partial charge in [0, 0.05) is 23.9 Å². The minimum atomic E-state index is -0.285. The predicted molar refractivity (Wildman–Crippen MR) is 124 cm³/mol. The van der Waals surface area contributed by atoms with Crippen LogP contribution in [0.15, 0.2) is 66.7 Å². The van der Waals surface area contributed by atoms with Crippen LogP contribution in [-0.2, 0) is 4.79 Å². The summed E-state index contributed by atoms with van der Waals surface area (Å²) in [6, 6.07) is 20.4. The molecule has 8 heteroatoms. The second-order valence-corrected chi connectivity index (χ2v) is 7.00. The second kappa shape index (κ2) is 9.22. The molecule has 0 aliphatic carbocycles. The standard InChI is InChI=1S/C21H18N4O2S2/c1-13(26)22-20(28)23-17-8-10-18(11-9-17)24-21(29)25-19(27)16-7-6-14-4-2-3-5-15(14)12-16/h2-12H,1H3,(H2,22,23,26,28)(H2,24,25,27,29).